The molecular weight excluding hydrogens is 515 g/mol. The van der Waals surface area contributed by atoms with E-state index in [2.05, 4.69) is 20.8 Å². The molecule has 0 aromatic heterocycles. The van der Waals surface area contributed by atoms with E-state index in [0.29, 0.717) is 59.9 Å². The van der Waals surface area contributed by atoms with E-state index in [-0.39, 0.29) is 14.1 Å². The largest absolute Gasteiger partial charge is 0.496 e. The Morgan fingerprint density at radius 2 is 1.03 bits per heavy atom. The van der Waals surface area contributed by atoms with Crippen molar-refractivity contribution >= 4 is 19.4 Å². The van der Waals surface area contributed by atoms with Crippen LogP contribution in [0.25, 0.3) is 0 Å². The van der Waals surface area contributed by atoms with E-state index in [0.717, 1.165) is 63.1 Å². The van der Waals surface area contributed by atoms with Crippen LogP contribution in [-0.4, -0.2) is 46.7 Å². The summed E-state index contributed by atoms with van der Waals surface area (Å²) in [5, 5.41) is 0.730. The molecular formula is C31H47O7P. The van der Waals surface area contributed by atoms with E-state index in [1.54, 1.807) is 19.2 Å². The van der Waals surface area contributed by atoms with E-state index in [1.807, 2.05) is 12.1 Å². The first-order chi connectivity index (χ1) is 19.0. The maximum atomic E-state index is 13.8. The molecule has 0 N–H and O–H groups in total. The Morgan fingerprint density at radius 3 is 1.44 bits per heavy atom. The fraction of sp³-hybridized carbons (Fsp3) is 0.581. The van der Waals surface area contributed by atoms with Crippen LogP contribution in [0.5, 0.6) is 34.5 Å². The lowest BCUT2D eigenvalue weighted by atomic mass is 10.2. The maximum absolute atomic E-state index is 13.8. The van der Waals surface area contributed by atoms with Crippen LogP contribution in [0, 0.1) is 0 Å². The first-order valence-corrected chi connectivity index (χ1v) is 15.2. The summed E-state index contributed by atoms with van der Waals surface area (Å²) >= 11 is 0. The van der Waals surface area contributed by atoms with Crippen LogP contribution < -0.4 is 33.7 Å². The second-order valence-corrected chi connectivity index (χ2v) is 10.5. The van der Waals surface area contributed by atoms with Gasteiger partial charge in [-0.3, -0.25) is 4.79 Å². The van der Waals surface area contributed by atoms with Crippen LogP contribution in [0.2, 0.25) is 0 Å². The Morgan fingerprint density at radius 1 is 0.590 bits per heavy atom. The molecule has 0 spiro atoms. The second kappa shape index (κ2) is 18.6. The number of rotatable bonds is 21. The molecule has 0 saturated heterocycles. The predicted molar refractivity (Wildman–Crippen MR) is 160 cm³/mol. The number of benzene rings is 2. The summed E-state index contributed by atoms with van der Waals surface area (Å²) in [4.78, 5) is 13.8. The molecule has 2 aromatic carbocycles. The fourth-order valence-corrected chi connectivity index (χ4v) is 5.15. The summed E-state index contributed by atoms with van der Waals surface area (Å²) in [7, 11) is 4.35. The van der Waals surface area contributed by atoms with Crippen molar-refractivity contribution in [2.45, 2.75) is 78.6 Å². The van der Waals surface area contributed by atoms with Crippen LogP contribution in [0.15, 0.2) is 24.3 Å². The third-order valence-electron chi connectivity index (χ3n) is 6.25. The smallest absolute Gasteiger partial charge is 0.193 e. The van der Waals surface area contributed by atoms with Crippen LogP contribution >= 0.6 is 8.58 Å². The molecule has 7 nitrogen and oxygen atoms in total. The number of hydrogen-bond acceptors (Lipinski definition) is 7. The first kappa shape index (κ1) is 32.6. The quantitative estimate of drug-likeness (QED) is 0.115. The summed E-state index contributed by atoms with van der Waals surface area (Å²) in [6, 6.07) is 7.18. The Bertz CT molecular complexity index is 950. The zero-order valence-electron chi connectivity index (χ0n) is 24.7. The Hall–Kier alpha value is -2.66. The van der Waals surface area contributed by atoms with E-state index in [9.17, 15) is 4.79 Å². The number of methoxy groups -OCH3 is 3. The average molecular weight is 563 g/mol. The van der Waals surface area contributed by atoms with Crippen molar-refractivity contribution < 1.29 is 33.2 Å². The highest BCUT2D eigenvalue weighted by Crippen LogP contribution is 2.41. The van der Waals surface area contributed by atoms with Gasteiger partial charge in [-0.25, -0.2) is 0 Å². The van der Waals surface area contributed by atoms with Gasteiger partial charge in [-0.2, -0.15) is 0 Å². The van der Waals surface area contributed by atoms with Crippen LogP contribution in [0.1, 0.15) is 88.9 Å². The second-order valence-electron chi connectivity index (χ2n) is 9.32. The topological polar surface area (TPSA) is 72.5 Å². The van der Waals surface area contributed by atoms with E-state index < -0.39 is 0 Å². The highest BCUT2D eigenvalue weighted by atomic mass is 31.1. The fourth-order valence-electron chi connectivity index (χ4n) is 4.02. The molecule has 0 amide bonds. The third kappa shape index (κ3) is 10.4. The van der Waals surface area contributed by atoms with Gasteiger partial charge in [0.05, 0.1) is 46.5 Å². The third-order valence-corrected chi connectivity index (χ3v) is 7.47. The Labute approximate surface area is 236 Å². The normalized spacial score (nSPS) is 11.0. The minimum Gasteiger partial charge on any atom is -0.496 e. The zero-order chi connectivity index (χ0) is 28.5. The SMILES string of the molecule is CCCCCOc1cc(OCCCCC)c(PC(=O)c2c(OC)cc(OC)cc2OC)c(OCCCCC)c1. The minimum atomic E-state index is -0.273. The molecule has 2 aromatic rings. The molecule has 0 saturated carbocycles. The molecule has 39 heavy (non-hydrogen) atoms. The number of ether oxygens (including phenoxy) is 6. The predicted octanol–water partition coefficient (Wildman–Crippen LogP) is 7.56. The molecule has 0 bridgehead atoms. The number of unbranched alkanes of at least 4 members (excludes halogenated alkanes) is 6. The van der Waals surface area contributed by atoms with E-state index in [1.165, 1.54) is 14.2 Å². The molecule has 1 unspecified atom stereocenters. The molecule has 218 valence electrons. The van der Waals surface area contributed by atoms with Gasteiger partial charge in [0.15, 0.2) is 5.52 Å². The molecule has 0 heterocycles. The number of carbonyl (C=O) groups excluding carboxylic acids is 1. The molecule has 0 aliphatic carbocycles. The standard InChI is InChI=1S/C31H47O7P/c1-7-10-13-16-36-24-21-27(37-17-14-11-8-2)30(28(22-24)38-18-15-12-9-3)39-31(32)29-25(34-5)19-23(33-4)20-26(29)35-6/h19-22,39H,7-18H2,1-6H3. The molecule has 8 heteroatoms. The summed E-state index contributed by atoms with van der Waals surface area (Å²) in [6.45, 7) is 8.23. The van der Waals surface area contributed by atoms with Gasteiger partial charge in [0.25, 0.3) is 0 Å². The van der Waals surface area contributed by atoms with Gasteiger partial charge in [-0.1, -0.05) is 59.3 Å². The van der Waals surface area contributed by atoms with Crippen molar-refractivity contribution in [2.24, 2.45) is 0 Å². The van der Waals surface area contributed by atoms with Gasteiger partial charge < -0.3 is 28.4 Å². The highest BCUT2D eigenvalue weighted by molar-refractivity contribution is 7.66. The van der Waals surface area contributed by atoms with Crippen molar-refractivity contribution in [1.82, 2.24) is 0 Å². The average Bonchev–Trinajstić information content (AvgIpc) is 2.96. The van der Waals surface area contributed by atoms with Gasteiger partial charge in [-0.05, 0) is 27.8 Å². The van der Waals surface area contributed by atoms with E-state index >= 15 is 0 Å². The number of carbonyl (C=O) groups is 1. The molecule has 0 aliphatic heterocycles. The zero-order valence-corrected chi connectivity index (χ0v) is 25.7. The summed E-state index contributed by atoms with van der Waals surface area (Å²) in [5.74, 6) is 3.30. The molecule has 1 atom stereocenters. The van der Waals surface area contributed by atoms with E-state index in [4.69, 9.17) is 28.4 Å². The molecule has 0 fully saturated rings. The number of hydrogen-bond donors (Lipinski definition) is 0. The van der Waals surface area contributed by atoms with Crippen molar-refractivity contribution in [3.63, 3.8) is 0 Å². The van der Waals surface area contributed by atoms with Crippen molar-refractivity contribution in [2.75, 3.05) is 41.2 Å². The Kier molecular flexibility index (Phi) is 15.5. The van der Waals surface area contributed by atoms with Gasteiger partial charge in [-0.15, -0.1) is 0 Å². The summed E-state index contributed by atoms with van der Waals surface area (Å²) in [6.07, 6.45) is 9.42. The molecule has 2 rings (SSSR count). The van der Waals surface area contributed by atoms with Crippen molar-refractivity contribution in [3.8, 4) is 34.5 Å². The lowest BCUT2D eigenvalue weighted by Gasteiger charge is -2.19. The summed E-state index contributed by atoms with van der Waals surface area (Å²) in [5.41, 5.74) is 0.229. The summed E-state index contributed by atoms with van der Waals surface area (Å²) < 4.78 is 35.1. The first-order valence-electron chi connectivity index (χ1n) is 14.2. The highest BCUT2D eigenvalue weighted by Gasteiger charge is 2.25. The minimum absolute atomic E-state index is 0.139. The van der Waals surface area contributed by atoms with Crippen molar-refractivity contribution in [3.05, 3.63) is 29.8 Å². The van der Waals surface area contributed by atoms with Gasteiger partial charge in [0.2, 0.25) is 0 Å². The van der Waals surface area contributed by atoms with Gasteiger partial charge in [0, 0.05) is 24.3 Å². The monoisotopic (exact) mass is 562 g/mol. The molecule has 0 aliphatic rings. The lowest BCUT2D eigenvalue weighted by Crippen LogP contribution is -2.14. The molecule has 0 radical (unpaired) electrons. The lowest BCUT2D eigenvalue weighted by molar-refractivity contribution is 0.108. The van der Waals surface area contributed by atoms with Crippen LogP contribution in [0.4, 0.5) is 0 Å². The maximum Gasteiger partial charge on any atom is 0.193 e. The van der Waals surface area contributed by atoms with Crippen molar-refractivity contribution in [1.29, 1.82) is 0 Å². The van der Waals surface area contributed by atoms with Gasteiger partial charge >= 0.3 is 0 Å². The Balaban J connectivity index is 2.49. The van der Waals surface area contributed by atoms with Crippen LogP contribution in [-0.2, 0) is 0 Å². The van der Waals surface area contributed by atoms with Crippen LogP contribution in [0.3, 0.4) is 0 Å². The van der Waals surface area contributed by atoms with Gasteiger partial charge in [0.1, 0.15) is 40.1 Å².